The zero-order chi connectivity index (χ0) is 11.0. The lowest BCUT2D eigenvalue weighted by Crippen LogP contribution is -2.00. The molecule has 1 aromatic carbocycles. The molecule has 0 aliphatic rings. The minimum absolute atomic E-state index is 0.348. The van der Waals surface area contributed by atoms with Crippen LogP contribution in [0.2, 0.25) is 0 Å². The molecule has 78 valence electrons. The lowest BCUT2D eigenvalue weighted by molar-refractivity contribution is 0.0601. The van der Waals surface area contributed by atoms with E-state index >= 15 is 0 Å². The molecule has 0 saturated heterocycles. The second-order valence-electron chi connectivity index (χ2n) is 3.14. The van der Waals surface area contributed by atoms with Crippen LogP contribution in [0.5, 0.6) is 0 Å². The van der Waals surface area contributed by atoms with Crippen molar-refractivity contribution in [3.8, 4) is 0 Å². The number of ether oxygens (including phenoxy) is 1. The summed E-state index contributed by atoms with van der Waals surface area (Å²) in [6, 6.07) is 5.28. The predicted octanol–water partition coefficient (Wildman–Crippen LogP) is 2.12. The minimum Gasteiger partial charge on any atom is -0.465 e. The third-order valence-electron chi connectivity index (χ3n) is 2.18. The second kappa shape index (κ2) is 3.66. The highest BCUT2D eigenvalue weighted by molar-refractivity contribution is 9.10. The fourth-order valence-corrected chi connectivity index (χ4v) is 1.83. The molecule has 0 N–H and O–H groups in total. The van der Waals surface area contributed by atoms with E-state index in [4.69, 9.17) is 0 Å². The van der Waals surface area contributed by atoms with Crippen LogP contribution in [0.3, 0.4) is 0 Å². The number of aryl methyl sites for hydroxylation is 1. The zero-order valence-corrected chi connectivity index (χ0v) is 9.91. The Kier molecular flexibility index (Phi) is 2.48. The number of halogens is 1. The smallest absolute Gasteiger partial charge is 0.337 e. The molecule has 0 unspecified atom stereocenters. The van der Waals surface area contributed by atoms with Crippen LogP contribution >= 0.6 is 15.9 Å². The summed E-state index contributed by atoms with van der Waals surface area (Å²) < 4.78 is 7.25. The number of nitrogens with zero attached hydrogens (tertiary/aromatic N) is 2. The summed E-state index contributed by atoms with van der Waals surface area (Å²) >= 11 is 3.41. The molecule has 0 aliphatic carbocycles. The maximum Gasteiger partial charge on any atom is 0.337 e. The molecule has 4 nitrogen and oxygen atoms in total. The average molecular weight is 269 g/mol. The normalized spacial score (nSPS) is 10.6. The Morgan fingerprint density at radius 3 is 2.93 bits per heavy atom. The van der Waals surface area contributed by atoms with Gasteiger partial charge < -0.3 is 4.74 Å². The lowest BCUT2D eigenvalue weighted by Gasteiger charge is -1.97. The van der Waals surface area contributed by atoms with Crippen LogP contribution in [0, 0.1) is 0 Å². The van der Waals surface area contributed by atoms with E-state index in [-0.39, 0.29) is 5.97 Å². The molecule has 2 aromatic rings. The van der Waals surface area contributed by atoms with Crippen molar-refractivity contribution in [1.29, 1.82) is 0 Å². The van der Waals surface area contributed by atoms with Crippen LogP contribution in [0.25, 0.3) is 10.9 Å². The van der Waals surface area contributed by atoms with E-state index in [0.29, 0.717) is 5.56 Å². The summed E-state index contributed by atoms with van der Waals surface area (Å²) in [6.45, 7) is 0. The SMILES string of the molecule is COC(=O)c1ccc2c(Br)n(C)nc2c1. The number of carbonyl (C=O) groups is 1. The molecule has 15 heavy (non-hydrogen) atoms. The summed E-state index contributed by atoms with van der Waals surface area (Å²) in [5.74, 6) is -0.348. The Bertz CT molecular complexity index is 533. The summed E-state index contributed by atoms with van der Waals surface area (Å²) in [4.78, 5) is 11.3. The molecule has 1 heterocycles. The molecular weight excluding hydrogens is 260 g/mol. The van der Waals surface area contributed by atoms with E-state index in [0.717, 1.165) is 15.5 Å². The first kappa shape index (κ1) is 10.2. The van der Waals surface area contributed by atoms with Gasteiger partial charge in [-0.1, -0.05) is 0 Å². The van der Waals surface area contributed by atoms with E-state index < -0.39 is 0 Å². The molecule has 1 aromatic heterocycles. The van der Waals surface area contributed by atoms with Gasteiger partial charge in [-0.15, -0.1) is 0 Å². The molecule has 5 heteroatoms. The highest BCUT2D eigenvalue weighted by Crippen LogP contribution is 2.23. The van der Waals surface area contributed by atoms with Crippen LogP contribution in [0.1, 0.15) is 10.4 Å². The molecule has 0 radical (unpaired) electrons. The molecular formula is C10H9BrN2O2. The molecule has 0 amide bonds. The number of aromatic nitrogens is 2. The first-order valence-corrected chi connectivity index (χ1v) is 5.13. The number of benzene rings is 1. The van der Waals surface area contributed by atoms with Gasteiger partial charge in [-0.3, -0.25) is 4.68 Å². The highest BCUT2D eigenvalue weighted by Gasteiger charge is 2.10. The van der Waals surface area contributed by atoms with Crippen molar-refractivity contribution in [2.75, 3.05) is 7.11 Å². The van der Waals surface area contributed by atoms with Crippen molar-refractivity contribution in [2.45, 2.75) is 0 Å². The lowest BCUT2D eigenvalue weighted by atomic mass is 10.2. The molecule has 0 saturated carbocycles. The molecule has 0 bridgehead atoms. The van der Waals surface area contributed by atoms with Crippen LogP contribution in [0.15, 0.2) is 22.8 Å². The van der Waals surface area contributed by atoms with Crippen molar-refractivity contribution >= 4 is 32.8 Å². The number of hydrogen-bond acceptors (Lipinski definition) is 3. The van der Waals surface area contributed by atoms with Crippen LogP contribution in [0.4, 0.5) is 0 Å². The third kappa shape index (κ3) is 1.63. The summed E-state index contributed by atoms with van der Waals surface area (Å²) in [5.41, 5.74) is 1.28. The maximum absolute atomic E-state index is 11.3. The van der Waals surface area contributed by atoms with Gasteiger partial charge in [0.1, 0.15) is 4.60 Å². The average Bonchev–Trinajstić information content (AvgIpc) is 2.53. The van der Waals surface area contributed by atoms with E-state index in [1.165, 1.54) is 7.11 Å². The van der Waals surface area contributed by atoms with Gasteiger partial charge in [0, 0.05) is 12.4 Å². The first-order chi connectivity index (χ1) is 7.13. The Hall–Kier alpha value is -1.36. The molecule has 0 atom stereocenters. The minimum atomic E-state index is -0.348. The number of carbonyl (C=O) groups excluding carboxylic acids is 1. The van der Waals surface area contributed by atoms with Crippen molar-refractivity contribution in [2.24, 2.45) is 7.05 Å². The van der Waals surface area contributed by atoms with Gasteiger partial charge >= 0.3 is 5.97 Å². The molecule has 0 spiro atoms. The fraction of sp³-hybridized carbons (Fsp3) is 0.200. The first-order valence-electron chi connectivity index (χ1n) is 4.34. The fourth-order valence-electron chi connectivity index (χ4n) is 1.41. The Balaban J connectivity index is 2.62. The van der Waals surface area contributed by atoms with Crippen molar-refractivity contribution in [3.63, 3.8) is 0 Å². The van der Waals surface area contributed by atoms with Gasteiger partial charge in [0.05, 0.1) is 18.2 Å². The number of esters is 1. The summed E-state index contributed by atoms with van der Waals surface area (Å²) in [6.07, 6.45) is 0. The van der Waals surface area contributed by atoms with Gasteiger partial charge in [0.15, 0.2) is 0 Å². The van der Waals surface area contributed by atoms with E-state index in [2.05, 4.69) is 25.8 Å². The van der Waals surface area contributed by atoms with Gasteiger partial charge in [-0.25, -0.2) is 4.79 Å². The molecule has 0 aliphatic heterocycles. The second-order valence-corrected chi connectivity index (χ2v) is 3.89. The van der Waals surface area contributed by atoms with Crippen molar-refractivity contribution in [3.05, 3.63) is 28.4 Å². The number of fused-ring (bicyclic) bond motifs is 1. The standard InChI is InChI=1S/C10H9BrN2O2/c1-13-9(11)7-4-3-6(10(14)15-2)5-8(7)12-13/h3-5H,1-2H3. The Morgan fingerprint density at radius 2 is 2.27 bits per heavy atom. The van der Waals surface area contributed by atoms with Gasteiger partial charge in [0.2, 0.25) is 0 Å². The van der Waals surface area contributed by atoms with E-state index in [9.17, 15) is 4.79 Å². The monoisotopic (exact) mass is 268 g/mol. The third-order valence-corrected chi connectivity index (χ3v) is 3.12. The maximum atomic E-state index is 11.3. The molecule has 2 rings (SSSR count). The number of hydrogen-bond donors (Lipinski definition) is 0. The van der Waals surface area contributed by atoms with Crippen LogP contribution in [-0.4, -0.2) is 22.9 Å². The van der Waals surface area contributed by atoms with E-state index in [1.54, 1.807) is 16.8 Å². The van der Waals surface area contributed by atoms with Crippen molar-refractivity contribution in [1.82, 2.24) is 9.78 Å². The highest BCUT2D eigenvalue weighted by atomic mass is 79.9. The Labute approximate surface area is 95.0 Å². The molecule has 0 fully saturated rings. The largest absolute Gasteiger partial charge is 0.465 e. The predicted molar refractivity (Wildman–Crippen MR) is 59.8 cm³/mol. The summed E-state index contributed by atoms with van der Waals surface area (Å²) in [7, 11) is 3.20. The summed E-state index contributed by atoms with van der Waals surface area (Å²) in [5, 5.41) is 5.23. The zero-order valence-electron chi connectivity index (χ0n) is 8.32. The number of rotatable bonds is 1. The van der Waals surface area contributed by atoms with Crippen LogP contribution < -0.4 is 0 Å². The van der Waals surface area contributed by atoms with E-state index in [1.807, 2.05) is 13.1 Å². The topological polar surface area (TPSA) is 44.1 Å². The van der Waals surface area contributed by atoms with Gasteiger partial charge in [-0.05, 0) is 34.1 Å². The number of methoxy groups -OCH3 is 1. The quantitative estimate of drug-likeness (QED) is 0.745. The van der Waals surface area contributed by atoms with Crippen LogP contribution in [-0.2, 0) is 11.8 Å². The Morgan fingerprint density at radius 1 is 1.53 bits per heavy atom. The van der Waals surface area contributed by atoms with Crippen molar-refractivity contribution < 1.29 is 9.53 Å². The van der Waals surface area contributed by atoms with Gasteiger partial charge in [0.25, 0.3) is 0 Å². The van der Waals surface area contributed by atoms with Gasteiger partial charge in [-0.2, -0.15) is 5.10 Å².